The van der Waals surface area contributed by atoms with E-state index >= 15 is 0 Å². The average Bonchev–Trinajstić information content (AvgIpc) is 2.85. The van der Waals surface area contributed by atoms with E-state index in [1.54, 1.807) is 39.1 Å². The van der Waals surface area contributed by atoms with Crippen molar-refractivity contribution in [2.75, 3.05) is 13.1 Å². The Morgan fingerprint density at radius 1 is 1.65 bits per heavy atom. The van der Waals surface area contributed by atoms with Gasteiger partial charge in [0.25, 0.3) is 0 Å². The van der Waals surface area contributed by atoms with E-state index in [-0.39, 0.29) is 6.54 Å². The van der Waals surface area contributed by atoms with Crippen molar-refractivity contribution in [2.45, 2.75) is 32.4 Å². The number of nitroso groups, excluding NO2 is 1. The number of aromatic nitrogens is 1. The fraction of sp³-hybridized carbons (Fsp3) is 0.538. The number of carbonyl (C=O) groups is 1. The van der Waals surface area contributed by atoms with Gasteiger partial charge in [-0.15, -0.1) is 6.58 Å². The summed E-state index contributed by atoms with van der Waals surface area (Å²) in [5.74, 6) is 0. The van der Waals surface area contributed by atoms with Crippen molar-refractivity contribution < 1.29 is 9.53 Å². The SMILES string of the molecule is C=CCN(CC(N=O)c1ccns1)C(=O)OC(C)(C)C. The van der Waals surface area contributed by atoms with Crippen molar-refractivity contribution >= 4 is 17.6 Å². The molecule has 0 aromatic carbocycles. The number of carbonyl (C=O) groups excluding carboxylic acids is 1. The summed E-state index contributed by atoms with van der Waals surface area (Å²) in [5.41, 5.74) is -0.592. The average molecular weight is 297 g/mol. The molecule has 1 aromatic heterocycles. The van der Waals surface area contributed by atoms with Crippen molar-refractivity contribution in [3.63, 3.8) is 0 Å². The summed E-state index contributed by atoms with van der Waals surface area (Å²) >= 11 is 1.19. The standard InChI is InChI=1S/C13H19N3O3S/c1-5-8-16(12(17)19-13(2,3)4)9-10(15-18)11-6-7-14-20-11/h5-7,10H,1,8-9H2,2-4H3. The zero-order chi connectivity index (χ0) is 15.2. The molecule has 0 spiro atoms. The van der Waals surface area contributed by atoms with Crippen LogP contribution in [0, 0.1) is 4.91 Å². The molecule has 20 heavy (non-hydrogen) atoms. The summed E-state index contributed by atoms with van der Waals surface area (Å²) < 4.78 is 9.23. The molecule has 1 heterocycles. The number of hydrogen-bond donors (Lipinski definition) is 0. The molecule has 0 aliphatic carbocycles. The molecule has 0 saturated carbocycles. The Kier molecular flexibility index (Phi) is 5.82. The first kappa shape index (κ1) is 16.3. The van der Waals surface area contributed by atoms with E-state index in [0.717, 1.165) is 4.88 Å². The van der Waals surface area contributed by atoms with E-state index in [4.69, 9.17) is 4.74 Å². The third kappa shape index (κ3) is 5.08. The van der Waals surface area contributed by atoms with Gasteiger partial charge in [0.1, 0.15) is 11.6 Å². The second kappa shape index (κ2) is 7.14. The van der Waals surface area contributed by atoms with Crippen LogP contribution in [0.2, 0.25) is 0 Å². The summed E-state index contributed by atoms with van der Waals surface area (Å²) in [6.45, 7) is 9.41. The van der Waals surface area contributed by atoms with E-state index in [1.807, 2.05) is 0 Å². The molecule has 0 bridgehead atoms. The predicted octanol–water partition coefficient (Wildman–Crippen LogP) is 3.37. The molecule has 7 heteroatoms. The molecule has 1 aromatic rings. The molecule has 0 N–H and O–H groups in total. The molecular weight excluding hydrogens is 278 g/mol. The topological polar surface area (TPSA) is 71.9 Å². The number of rotatable bonds is 6. The highest BCUT2D eigenvalue weighted by molar-refractivity contribution is 7.05. The van der Waals surface area contributed by atoms with Crippen LogP contribution >= 0.6 is 11.5 Å². The van der Waals surface area contributed by atoms with E-state index in [1.165, 1.54) is 16.4 Å². The first-order valence-electron chi connectivity index (χ1n) is 6.19. The van der Waals surface area contributed by atoms with E-state index in [2.05, 4.69) is 16.1 Å². The van der Waals surface area contributed by atoms with Crippen LogP contribution in [-0.2, 0) is 4.74 Å². The van der Waals surface area contributed by atoms with Crippen molar-refractivity contribution in [1.82, 2.24) is 9.27 Å². The number of amides is 1. The molecule has 1 unspecified atom stereocenters. The molecule has 0 radical (unpaired) electrons. The van der Waals surface area contributed by atoms with Crippen LogP contribution in [0.3, 0.4) is 0 Å². The lowest BCUT2D eigenvalue weighted by atomic mass is 10.2. The van der Waals surface area contributed by atoms with Crippen LogP contribution < -0.4 is 0 Å². The van der Waals surface area contributed by atoms with Crippen molar-refractivity contribution in [2.24, 2.45) is 5.18 Å². The van der Waals surface area contributed by atoms with Gasteiger partial charge in [0.05, 0.1) is 11.4 Å². The number of nitrogens with zero attached hydrogens (tertiary/aromatic N) is 3. The number of ether oxygens (including phenoxy) is 1. The summed E-state index contributed by atoms with van der Waals surface area (Å²) in [6, 6.07) is 1.08. The lowest BCUT2D eigenvalue weighted by Gasteiger charge is -2.27. The van der Waals surface area contributed by atoms with Crippen molar-refractivity contribution in [1.29, 1.82) is 0 Å². The van der Waals surface area contributed by atoms with Gasteiger partial charge < -0.3 is 9.64 Å². The fourth-order valence-corrected chi connectivity index (χ4v) is 2.09. The third-order valence-corrected chi connectivity index (χ3v) is 3.15. The van der Waals surface area contributed by atoms with E-state index in [9.17, 15) is 9.70 Å². The first-order valence-corrected chi connectivity index (χ1v) is 6.96. The molecule has 110 valence electrons. The first-order chi connectivity index (χ1) is 9.37. The van der Waals surface area contributed by atoms with Gasteiger partial charge in [0, 0.05) is 12.7 Å². The molecule has 0 aliphatic rings. The van der Waals surface area contributed by atoms with Gasteiger partial charge in [0.15, 0.2) is 0 Å². The van der Waals surface area contributed by atoms with Crippen LogP contribution in [0.5, 0.6) is 0 Å². The Balaban J connectivity index is 2.77. The Morgan fingerprint density at radius 3 is 2.80 bits per heavy atom. The normalized spacial score (nSPS) is 12.6. The molecule has 6 nitrogen and oxygen atoms in total. The number of hydrogen-bond acceptors (Lipinski definition) is 6. The highest BCUT2D eigenvalue weighted by Gasteiger charge is 2.25. The smallest absolute Gasteiger partial charge is 0.410 e. The van der Waals surface area contributed by atoms with Crippen LogP contribution in [0.15, 0.2) is 30.1 Å². The van der Waals surface area contributed by atoms with Crippen molar-refractivity contribution in [3.8, 4) is 0 Å². The Labute approximate surface area is 122 Å². The van der Waals surface area contributed by atoms with Gasteiger partial charge in [-0.25, -0.2) is 9.17 Å². The minimum atomic E-state index is -0.644. The van der Waals surface area contributed by atoms with E-state index in [0.29, 0.717) is 6.54 Å². The van der Waals surface area contributed by atoms with Gasteiger partial charge in [-0.1, -0.05) is 11.3 Å². The van der Waals surface area contributed by atoms with Crippen LogP contribution in [0.1, 0.15) is 31.7 Å². The second-order valence-electron chi connectivity index (χ2n) is 5.21. The summed E-state index contributed by atoms with van der Waals surface area (Å²) in [6.07, 6.45) is 2.69. The predicted molar refractivity (Wildman–Crippen MR) is 78.7 cm³/mol. The molecule has 1 amide bonds. The maximum atomic E-state index is 12.1. The van der Waals surface area contributed by atoms with Gasteiger partial charge in [-0.05, 0) is 38.4 Å². The summed E-state index contributed by atoms with van der Waals surface area (Å²) in [4.78, 5) is 25.2. The summed E-state index contributed by atoms with van der Waals surface area (Å²) in [5, 5.41) is 3.07. The summed E-state index contributed by atoms with van der Waals surface area (Å²) in [7, 11) is 0. The molecule has 1 atom stereocenters. The van der Waals surface area contributed by atoms with Crippen LogP contribution in [0.25, 0.3) is 0 Å². The maximum Gasteiger partial charge on any atom is 0.410 e. The third-order valence-electron chi connectivity index (χ3n) is 2.31. The fourth-order valence-electron chi connectivity index (χ4n) is 1.49. The minimum absolute atomic E-state index is 0.145. The lowest BCUT2D eigenvalue weighted by molar-refractivity contribution is 0.0262. The van der Waals surface area contributed by atoms with Crippen LogP contribution in [-0.4, -0.2) is 34.1 Å². The van der Waals surface area contributed by atoms with Gasteiger partial charge in [0.2, 0.25) is 0 Å². The maximum absolute atomic E-state index is 12.1. The molecule has 0 aliphatic heterocycles. The Hall–Kier alpha value is -1.76. The molecule has 0 fully saturated rings. The second-order valence-corrected chi connectivity index (χ2v) is 6.07. The molecule has 0 saturated heterocycles. The van der Waals surface area contributed by atoms with Gasteiger partial charge in [-0.3, -0.25) is 0 Å². The molecule has 1 rings (SSSR count). The van der Waals surface area contributed by atoms with Gasteiger partial charge in [-0.2, -0.15) is 4.91 Å². The highest BCUT2D eigenvalue weighted by atomic mass is 32.1. The molecular formula is C13H19N3O3S. The van der Waals surface area contributed by atoms with Crippen molar-refractivity contribution in [3.05, 3.63) is 34.7 Å². The zero-order valence-corrected chi connectivity index (χ0v) is 12.7. The lowest BCUT2D eigenvalue weighted by Crippen LogP contribution is -2.38. The van der Waals surface area contributed by atoms with Crippen LogP contribution in [0.4, 0.5) is 4.79 Å². The van der Waals surface area contributed by atoms with E-state index < -0.39 is 17.7 Å². The highest BCUT2D eigenvalue weighted by Crippen LogP contribution is 2.22. The quantitative estimate of drug-likeness (QED) is 0.596. The minimum Gasteiger partial charge on any atom is -0.444 e. The monoisotopic (exact) mass is 297 g/mol. The zero-order valence-electron chi connectivity index (χ0n) is 11.9. The van der Waals surface area contributed by atoms with Gasteiger partial charge >= 0.3 is 6.09 Å². The Bertz CT molecular complexity index is 454. The largest absolute Gasteiger partial charge is 0.444 e. The Morgan fingerprint density at radius 2 is 2.35 bits per heavy atom.